The minimum Gasteiger partial charge on any atom is -0.496 e. The predicted molar refractivity (Wildman–Crippen MR) is 55.4 cm³/mol. The lowest BCUT2D eigenvalue weighted by Crippen LogP contribution is -2.24. The van der Waals surface area contributed by atoms with Crippen molar-refractivity contribution in [3.05, 3.63) is 29.8 Å². The van der Waals surface area contributed by atoms with E-state index in [1.807, 2.05) is 31.2 Å². The Kier molecular flexibility index (Phi) is 4.49. The summed E-state index contributed by atoms with van der Waals surface area (Å²) in [6.07, 6.45) is -2.33. The molecule has 2 nitrogen and oxygen atoms in total. The first kappa shape index (κ1) is 11.9. The van der Waals surface area contributed by atoms with Gasteiger partial charge in [-0.1, -0.05) is 18.2 Å². The summed E-state index contributed by atoms with van der Waals surface area (Å²) in [6.45, 7) is 1.53. The number of methoxy groups -OCH3 is 1. The minimum atomic E-state index is -2.33. The normalized spacial score (nSPS) is 12.9. The van der Waals surface area contributed by atoms with Gasteiger partial charge in [-0.05, 0) is 13.0 Å². The largest absolute Gasteiger partial charge is 0.496 e. The third kappa shape index (κ3) is 3.47. The van der Waals surface area contributed by atoms with Crippen molar-refractivity contribution in [1.29, 1.82) is 0 Å². The summed E-state index contributed by atoms with van der Waals surface area (Å²) in [7, 11) is 1.57. The molecule has 0 radical (unpaired) electrons. The van der Waals surface area contributed by atoms with Crippen LogP contribution in [0.4, 0.5) is 8.78 Å². The van der Waals surface area contributed by atoms with E-state index in [0.717, 1.165) is 5.56 Å². The van der Waals surface area contributed by atoms with Crippen LogP contribution in [-0.4, -0.2) is 20.1 Å². The molecule has 15 heavy (non-hydrogen) atoms. The molecule has 0 aromatic heterocycles. The highest BCUT2D eigenvalue weighted by molar-refractivity contribution is 5.35. The van der Waals surface area contributed by atoms with Crippen molar-refractivity contribution in [2.45, 2.75) is 19.4 Å². The summed E-state index contributed by atoms with van der Waals surface area (Å²) < 4.78 is 29.1. The lowest BCUT2D eigenvalue weighted by atomic mass is 10.1. The summed E-state index contributed by atoms with van der Waals surface area (Å²) in [5, 5.41) is 2.74. The first-order valence-electron chi connectivity index (χ1n) is 4.79. The fourth-order valence-corrected chi connectivity index (χ4v) is 1.40. The van der Waals surface area contributed by atoms with Gasteiger partial charge in [-0.2, -0.15) is 0 Å². The van der Waals surface area contributed by atoms with Gasteiger partial charge in [0.2, 0.25) is 0 Å². The first-order valence-corrected chi connectivity index (χ1v) is 4.79. The second-order valence-corrected chi connectivity index (χ2v) is 3.26. The molecule has 0 fully saturated rings. The van der Waals surface area contributed by atoms with Crippen LogP contribution in [0.5, 0.6) is 5.75 Å². The number of ether oxygens (including phenoxy) is 1. The van der Waals surface area contributed by atoms with Crippen molar-refractivity contribution < 1.29 is 13.5 Å². The van der Waals surface area contributed by atoms with Crippen LogP contribution in [0.25, 0.3) is 0 Å². The number of alkyl halides is 2. The highest BCUT2D eigenvalue weighted by Crippen LogP contribution is 2.24. The molecule has 0 saturated heterocycles. The van der Waals surface area contributed by atoms with Crippen molar-refractivity contribution in [3.8, 4) is 5.75 Å². The highest BCUT2D eigenvalue weighted by atomic mass is 19.3. The molecule has 1 atom stereocenters. The molecule has 1 rings (SSSR count). The Bertz CT molecular complexity index is 304. The number of nitrogens with one attached hydrogen (secondary N) is 1. The zero-order valence-electron chi connectivity index (χ0n) is 8.84. The van der Waals surface area contributed by atoms with E-state index >= 15 is 0 Å². The maximum Gasteiger partial charge on any atom is 0.250 e. The van der Waals surface area contributed by atoms with Gasteiger partial charge in [0.25, 0.3) is 6.43 Å². The minimum absolute atomic E-state index is 0.143. The molecule has 0 aliphatic heterocycles. The van der Waals surface area contributed by atoms with Crippen molar-refractivity contribution >= 4 is 0 Å². The molecule has 0 heterocycles. The van der Waals surface area contributed by atoms with Gasteiger partial charge >= 0.3 is 0 Å². The van der Waals surface area contributed by atoms with Crippen LogP contribution in [0.1, 0.15) is 18.5 Å². The molecule has 84 valence electrons. The van der Waals surface area contributed by atoms with Gasteiger partial charge < -0.3 is 10.1 Å². The van der Waals surface area contributed by atoms with Gasteiger partial charge in [0.1, 0.15) is 5.75 Å². The molecule has 0 unspecified atom stereocenters. The lowest BCUT2D eigenvalue weighted by molar-refractivity contribution is 0.142. The van der Waals surface area contributed by atoms with E-state index in [1.165, 1.54) is 0 Å². The molecule has 1 aromatic rings. The highest BCUT2D eigenvalue weighted by Gasteiger charge is 2.11. The molecule has 0 saturated carbocycles. The molecular formula is C11H15F2NO. The maximum atomic E-state index is 12.0. The Morgan fingerprint density at radius 2 is 2.00 bits per heavy atom. The Hall–Kier alpha value is -1.16. The van der Waals surface area contributed by atoms with Gasteiger partial charge in [-0.3, -0.25) is 0 Å². The van der Waals surface area contributed by atoms with Crippen LogP contribution in [0.2, 0.25) is 0 Å². The zero-order valence-corrected chi connectivity index (χ0v) is 8.84. The first-order chi connectivity index (χ1) is 7.15. The van der Waals surface area contributed by atoms with Crippen molar-refractivity contribution in [2.24, 2.45) is 0 Å². The number of halogens is 2. The third-order valence-electron chi connectivity index (χ3n) is 2.18. The third-order valence-corrected chi connectivity index (χ3v) is 2.18. The molecule has 1 N–H and O–H groups in total. The molecule has 0 aliphatic rings. The summed E-state index contributed by atoms with van der Waals surface area (Å²) in [5.74, 6) is 0.715. The van der Waals surface area contributed by atoms with Gasteiger partial charge in [-0.25, -0.2) is 8.78 Å². The van der Waals surface area contributed by atoms with Gasteiger partial charge in [0, 0.05) is 11.6 Å². The predicted octanol–water partition coefficient (Wildman–Crippen LogP) is 2.61. The van der Waals surface area contributed by atoms with E-state index in [1.54, 1.807) is 7.11 Å². The Morgan fingerprint density at radius 3 is 2.60 bits per heavy atom. The van der Waals surface area contributed by atoms with E-state index in [0.29, 0.717) is 5.75 Å². The van der Waals surface area contributed by atoms with Crippen LogP contribution in [0, 0.1) is 0 Å². The molecule has 1 aromatic carbocycles. The number of rotatable bonds is 5. The molecule has 4 heteroatoms. The monoisotopic (exact) mass is 215 g/mol. The quantitative estimate of drug-likeness (QED) is 0.815. The second-order valence-electron chi connectivity index (χ2n) is 3.26. The number of benzene rings is 1. The fraction of sp³-hybridized carbons (Fsp3) is 0.455. The van der Waals surface area contributed by atoms with Crippen LogP contribution in [-0.2, 0) is 0 Å². The standard InChI is InChI=1S/C11H15F2NO/c1-8(14-7-11(12)13)9-5-3-4-6-10(9)15-2/h3-6,8,11,14H,7H2,1-2H3/t8-/m1/s1. The molecule has 0 amide bonds. The Morgan fingerprint density at radius 1 is 1.33 bits per heavy atom. The van der Waals surface area contributed by atoms with E-state index in [2.05, 4.69) is 5.32 Å². The van der Waals surface area contributed by atoms with Gasteiger partial charge in [0.05, 0.1) is 13.7 Å². The number of hydrogen-bond acceptors (Lipinski definition) is 2. The van der Waals surface area contributed by atoms with Crippen LogP contribution >= 0.6 is 0 Å². The van der Waals surface area contributed by atoms with Gasteiger partial charge in [-0.15, -0.1) is 0 Å². The molecule has 0 spiro atoms. The summed E-state index contributed by atoms with van der Waals surface area (Å²) in [5.41, 5.74) is 0.889. The average Bonchev–Trinajstić information content (AvgIpc) is 2.25. The SMILES string of the molecule is COc1ccccc1[C@@H](C)NCC(F)F. The number of para-hydroxylation sites is 1. The van der Waals surface area contributed by atoms with Gasteiger partial charge in [0.15, 0.2) is 0 Å². The Balaban J connectivity index is 2.68. The van der Waals surface area contributed by atoms with Crippen molar-refractivity contribution in [3.63, 3.8) is 0 Å². The summed E-state index contributed by atoms with van der Waals surface area (Å²) in [4.78, 5) is 0. The summed E-state index contributed by atoms with van der Waals surface area (Å²) in [6, 6.07) is 7.24. The van der Waals surface area contributed by atoms with Crippen molar-refractivity contribution in [1.82, 2.24) is 5.32 Å². The fourth-order valence-electron chi connectivity index (χ4n) is 1.40. The van der Waals surface area contributed by atoms with E-state index in [4.69, 9.17) is 4.74 Å². The topological polar surface area (TPSA) is 21.3 Å². The van der Waals surface area contributed by atoms with Crippen LogP contribution < -0.4 is 10.1 Å². The lowest BCUT2D eigenvalue weighted by Gasteiger charge is -2.16. The maximum absolute atomic E-state index is 12.0. The Labute approximate surface area is 88.3 Å². The van der Waals surface area contributed by atoms with E-state index < -0.39 is 6.43 Å². The number of hydrogen-bond donors (Lipinski definition) is 1. The smallest absolute Gasteiger partial charge is 0.250 e. The summed E-state index contributed by atoms with van der Waals surface area (Å²) >= 11 is 0. The molecule has 0 bridgehead atoms. The van der Waals surface area contributed by atoms with E-state index in [9.17, 15) is 8.78 Å². The van der Waals surface area contributed by atoms with Crippen LogP contribution in [0.3, 0.4) is 0 Å². The average molecular weight is 215 g/mol. The van der Waals surface area contributed by atoms with E-state index in [-0.39, 0.29) is 12.6 Å². The van der Waals surface area contributed by atoms with Crippen LogP contribution in [0.15, 0.2) is 24.3 Å². The van der Waals surface area contributed by atoms with Crippen molar-refractivity contribution in [2.75, 3.05) is 13.7 Å². The second kappa shape index (κ2) is 5.66. The molecule has 0 aliphatic carbocycles. The molecular weight excluding hydrogens is 200 g/mol. The zero-order chi connectivity index (χ0) is 11.3.